The molecule has 1 aliphatic heterocycles. The standard InChI is InChI=1S/C12H12N2O4/c1-13-8-3-4-9-7(6-8)2-5-10(15)14(9)11(16)12(17)18/h3-4,6,13H,2,5H2,1H3,(H,17,18). The Bertz CT molecular complexity index is 539. The lowest BCUT2D eigenvalue weighted by Crippen LogP contribution is -2.43. The average Bonchev–Trinajstić information content (AvgIpc) is 2.37. The maximum Gasteiger partial charge on any atom is 0.395 e. The minimum atomic E-state index is -1.63. The lowest BCUT2D eigenvalue weighted by molar-refractivity contribution is -0.150. The van der Waals surface area contributed by atoms with Crippen LogP contribution in [0.2, 0.25) is 0 Å². The first-order valence-electron chi connectivity index (χ1n) is 5.45. The van der Waals surface area contributed by atoms with E-state index in [4.69, 9.17) is 5.11 Å². The third kappa shape index (κ3) is 1.92. The number of aryl methyl sites for hydroxylation is 1. The molecule has 1 aromatic rings. The predicted octanol–water partition coefficient (Wildman–Crippen LogP) is 0.619. The second kappa shape index (κ2) is 4.48. The van der Waals surface area contributed by atoms with E-state index in [1.165, 1.54) is 0 Å². The first-order chi connectivity index (χ1) is 8.54. The summed E-state index contributed by atoms with van der Waals surface area (Å²) in [4.78, 5) is 34.7. The van der Waals surface area contributed by atoms with E-state index in [9.17, 15) is 14.4 Å². The quantitative estimate of drug-likeness (QED) is 0.711. The third-order valence-corrected chi connectivity index (χ3v) is 2.85. The van der Waals surface area contributed by atoms with Crippen molar-refractivity contribution in [3.05, 3.63) is 23.8 Å². The van der Waals surface area contributed by atoms with Crippen LogP contribution in [0.25, 0.3) is 0 Å². The number of aliphatic carboxylic acids is 1. The Balaban J connectivity index is 2.48. The first kappa shape index (κ1) is 12.1. The van der Waals surface area contributed by atoms with Crippen molar-refractivity contribution in [3.63, 3.8) is 0 Å². The lowest BCUT2D eigenvalue weighted by atomic mass is 10.0. The minimum Gasteiger partial charge on any atom is -0.474 e. The SMILES string of the molecule is CNc1ccc2c(c1)CCC(=O)N2C(=O)C(=O)O. The Morgan fingerprint density at radius 3 is 2.67 bits per heavy atom. The number of imide groups is 1. The number of fused-ring (bicyclic) bond motifs is 1. The van der Waals surface area contributed by atoms with Crippen molar-refractivity contribution in [2.24, 2.45) is 0 Å². The number of nitrogens with zero attached hydrogens (tertiary/aromatic N) is 1. The van der Waals surface area contributed by atoms with Gasteiger partial charge in [0.1, 0.15) is 0 Å². The van der Waals surface area contributed by atoms with Crippen molar-refractivity contribution in [3.8, 4) is 0 Å². The molecule has 0 spiro atoms. The fourth-order valence-electron chi connectivity index (χ4n) is 1.97. The summed E-state index contributed by atoms with van der Waals surface area (Å²) in [7, 11) is 1.76. The van der Waals surface area contributed by atoms with Crippen molar-refractivity contribution in [2.75, 3.05) is 17.3 Å². The van der Waals surface area contributed by atoms with Crippen molar-refractivity contribution < 1.29 is 19.5 Å². The van der Waals surface area contributed by atoms with Gasteiger partial charge in [-0.25, -0.2) is 9.69 Å². The highest BCUT2D eigenvalue weighted by Crippen LogP contribution is 2.30. The number of carboxylic acids is 1. The van der Waals surface area contributed by atoms with Crippen LogP contribution in [0.5, 0.6) is 0 Å². The largest absolute Gasteiger partial charge is 0.474 e. The fourth-order valence-corrected chi connectivity index (χ4v) is 1.97. The number of rotatable bonds is 1. The second-order valence-corrected chi connectivity index (χ2v) is 3.93. The molecule has 0 atom stereocenters. The van der Waals surface area contributed by atoms with Gasteiger partial charge >= 0.3 is 11.9 Å². The minimum absolute atomic E-state index is 0.138. The van der Waals surface area contributed by atoms with E-state index in [-0.39, 0.29) is 6.42 Å². The summed E-state index contributed by atoms with van der Waals surface area (Å²) in [5, 5.41) is 11.7. The Labute approximate surface area is 103 Å². The average molecular weight is 248 g/mol. The molecule has 1 aromatic carbocycles. The van der Waals surface area contributed by atoms with E-state index >= 15 is 0 Å². The Morgan fingerprint density at radius 2 is 2.06 bits per heavy atom. The van der Waals surface area contributed by atoms with Crippen molar-refractivity contribution in [1.29, 1.82) is 0 Å². The smallest absolute Gasteiger partial charge is 0.395 e. The summed E-state index contributed by atoms with van der Waals surface area (Å²) < 4.78 is 0. The molecule has 0 fully saturated rings. The molecule has 6 nitrogen and oxygen atoms in total. The maximum atomic E-state index is 11.7. The van der Waals surface area contributed by atoms with Gasteiger partial charge in [-0.05, 0) is 30.2 Å². The summed E-state index contributed by atoms with van der Waals surface area (Å²) >= 11 is 0. The van der Waals surface area contributed by atoms with E-state index in [1.807, 2.05) is 6.07 Å². The van der Waals surface area contributed by atoms with Crippen molar-refractivity contribution in [1.82, 2.24) is 0 Å². The Kier molecular flexibility index (Phi) is 3.01. The molecule has 1 heterocycles. The molecule has 94 valence electrons. The zero-order chi connectivity index (χ0) is 13.3. The highest BCUT2D eigenvalue weighted by atomic mass is 16.4. The van der Waals surface area contributed by atoms with Gasteiger partial charge in [0.05, 0.1) is 5.69 Å². The summed E-state index contributed by atoms with van der Waals surface area (Å²) in [6, 6.07) is 5.09. The van der Waals surface area contributed by atoms with Gasteiger partial charge < -0.3 is 10.4 Å². The van der Waals surface area contributed by atoms with Gasteiger partial charge in [0.15, 0.2) is 0 Å². The Hall–Kier alpha value is -2.37. The number of carbonyl (C=O) groups excluding carboxylic acids is 2. The van der Waals surface area contributed by atoms with Gasteiger partial charge in [0.25, 0.3) is 0 Å². The molecule has 0 aliphatic carbocycles. The van der Waals surface area contributed by atoms with Gasteiger partial charge in [-0.1, -0.05) is 0 Å². The van der Waals surface area contributed by atoms with Crippen LogP contribution in [0.4, 0.5) is 11.4 Å². The van der Waals surface area contributed by atoms with Crippen LogP contribution in [0, 0.1) is 0 Å². The van der Waals surface area contributed by atoms with E-state index in [0.717, 1.165) is 16.2 Å². The van der Waals surface area contributed by atoms with Crippen LogP contribution in [0.1, 0.15) is 12.0 Å². The zero-order valence-corrected chi connectivity index (χ0v) is 9.77. The first-order valence-corrected chi connectivity index (χ1v) is 5.45. The van der Waals surface area contributed by atoms with Crippen LogP contribution in [0.3, 0.4) is 0 Å². The summed E-state index contributed by atoms with van der Waals surface area (Å²) in [5.74, 6) is -3.32. The molecule has 6 heteroatoms. The maximum absolute atomic E-state index is 11.7. The van der Waals surface area contributed by atoms with Crippen LogP contribution >= 0.6 is 0 Å². The van der Waals surface area contributed by atoms with Crippen LogP contribution < -0.4 is 10.2 Å². The topological polar surface area (TPSA) is 86.7 Å². The molecular weight excluding hydrogens is 236 g/mol. The molecule has 0 saturated carbocycles. The van der Waals surface area contributed by atoms with E-state index in [2.05, 4.69) is 5.32 Å². The molecule has 0 unspecified atom stereocenters. The monoisotopic (exact) mass is 248 g/mol. The predicted molar refractivity (Wildman–Crippen MR) is 64.4 cm³/mol. The Morgan fingerprint density at radius 1 is 1.33 bits per heavy atom. The van der Waals surface area contributed by atoms with Gasteiger partial charge in [-0.2, -0.15) is 0 Å². The summed E-state index contributed by atoms with van der Waals surface area (Å²) in [5.41, 5.74) is 2.00. The molecule has 2 N–H and O–H groups in total. The molecular formula is C12H12N2O4. The molecule has 2 amide bonds. The second-order valence-electron chi connectivity index (χ2n) is 3.93. The van der Waals surface area contributed by atoms with Gasteiger partial charge in [0.2, 0.25) is 5.91 Å². The molecule has 2 rings (SSSR count). The number of anilines is 2. The fraction of sp³-hybridized carbons (Fsp3) is 0.250. The molecule has 18 heavy (non-hydrogen) atoms. The number of carboxylic acid groups (broad SMARTS) is 1. The van der Waals surface area contributed by atoms with Gasteiger partial charge in [-0.15, -0.1) is 0 Å². The van der Waals surface area contributed by atoms with Crippen molar-refractivity contribution >= 4 is 29.2 Å². The van der Waals surface area contributed by atoms with E-state index in [0.29, 0.717) is 12.1 Å². The van der Waals surface area contributed by atoms with Gasteiger partial charge in [0, 0.05) is 19.2 Å². The summed E-state index contributed by atoms with van der Waals surface area (Å²) in [6.45, 7) is 0. The summed E-state index contributed by atoms with van der Waals surface area (Å²) in [6.07, 6.45) is 0.645. The van der Waals surface area contributed by atoms with E-state index in [1.54, 1.807) is 19.2 Å². The zero-order valence-electron chi connectivity index (χ0n) is 9.77. The van der Waals surface area contributed by atoms with E-state index < -0.39 is 17.8 Å². The third-order valence-electron chi connectivity index (χ3n) is 2.85. The number of carbonyl (C=O) groups is 3. The molecule has 1 aliphatic rings. The number of benzene rings is 1. The van der Waals surface area contributed by atoms with Crippen molar-refractivity contribution in [2.45, 2.75) is 12.8 Å². The number of amides is 2. The normalized spacial score (nSPS) is 14.1. The van der Waals surface area contributed by atoms with Crippen LogP contribution in [-0.2, 0) is 20.8 Å². The lowest BCUT2D eigenvalue weighted by Gasteiger charge is -2.26. The van der Waals surface area contributed by atoms with Crippen LogP contribution in [0.15, 0.2) is 18.2 Å². The number of hydrogen-bond donors (Lipinski definition) is 2. The molecule has 0 aromatic heterocycles. The molecule has 0 saturated heterocycles. The van der Waals surface area contributed by atoms with Gasteiger partial charge in [-0.3, -0.25) is 9.59 Å². The molecule has 0 radical (unpaired) electrons. The highest BCUT2D eigenvalue weighted by molar-refractivity contribution is 6.43. The number of hydrogen-bond acceptors (Lipinski definition) is 4. The molecule has 0 bridgehead atoms. The highest BCUT2D eigenvalue weighted by Gasteiger charge is 2.33. The van der Waals surface area contributed by atoms with Crippen LogP contribution in [-0.4, -0.2) is 29.9 Å². The number of nitrogens with one attached hydrogen (secondary N) is 1.